The molecule has 0 aliphatic heterocycles. The maximum Gasteiger partial charge on any atom is 0.188 e. The quantitative estimate of drug-likeness (QED) is 0.666. The molecule has 3 aromatic rings. The number of ether oxygens (including phenoxy) is 1. The summed E-state index contributed by atoms with van der Waals surface area (Å²) in [5.41, 5.74) is 2.59. The molecule has 1 heterocycles. The lowest BCUT2D eigenvalue weighted by Crippen LogP contribution is -2.02. The van der Waals surface area contributed by atoms with Crippen LogP contribution in [0.15, 0.2) is 54.6 Å². The molecule has 5 heteroatoms. The van der Waals surface area contributed by atoms with Gasteiger partial charge in [0.05, 0.1) is 23.4 Å². The van der Waals surface area contributed by atoms with Crippen LogP contribution < -0.4 is 10.1 Å². The fraction of sp³-hybridized carbons (Fsp3) is 0.158. The molecule has 3 rings (SSSR count). The largest absolute Gasteiger partial charge is 0.495 e. The number of anilines is 2. The van der Waals surface area contributed by atoms with Crippen LogP contribution in [0.5, 0.6) is 5.75 Å². The minimum Gasteiger partial charge on any atom is -0.495 e. The second-order valence-electron chi connectivity index (χ2n) is 5.34. The summed E-state index contributed by atoms with van der Waals surface area (Å²) in [7, 11) is 1.63. The van der Waals surface area contributed by atoms with E-state index < -0.39 is 0 Å². The highest BCUT2D eigenvalue weighted by atomic mass is 32.1. The van der Waals surface area contributed by atoms with E-state index in [1.54, 1.807) is 7.11 Å². The number of aromatic nitrogens is 1. The van der Waals surface area contributed by atoms with Crippen molar-refractivity contribution in [1.29, 1.82) is 0 Å². The molecule has 0 amide bonds. The molecule has 4 nitrogen and oxygen atoms in total. The van der Waals surface area contributed by atoms with Gasteiger partial charge in [0.15, 0.2) is 10.9 Å². The molecule has 0 atom stereocenters. The lowest BCUT2D eigenvalue weighted by Gasteiger charge is -2.07. The van der Waals surface area contributed by atoms with Gasteiger partial charge >= 0.3 is 0 Å². The van der Waals surface area contributed by atoms with E-state index in [-0.39, 0.29) is 5.78 Å². The molecule has 24 heavy (non-hydrogen) atoms. The van der Waals surface area contributed by atoms with E-state index in [4.69, 9.17) is 4.74 Å². The first-order valence-corrected chi connectivity index (χ1v) is 8.43. The van der Waals surface area contributed by atoms with Gasteiger partial charge in [-0.05, 0) is 24.6 Å². The fourth-order valence-corrected chi connectivity index (χ4v) is 3.35. The molecular formula is C19H18N2O2S. The number of methoxy groups -OCH3 is 1. The minimum atomic E-state index is 0.0873. The smallest absolute Gasteiger partial charge is 0.188 e. The Morgan fingerprint density at radius 1 is 1.12 bits per heavy atom. The van der Waals surface area contributed by atoms with Crippen molar-refractivity contribution in [3.63, 3.8) is 0 Å². The molecule has 1 aromatic heterocycles. The van der Waals surface area contributed by atoms with Gasteiger partial charge < -0.3 is 10.1 Å². The molecular weight excluding hydrogens is 320 g/mol. The normalized spacial score (nSPS) is 10.4. The van der Waals surface area contributed by atoms with Crippen molar-refractivity contribution in [2.75, 3.05) is 12.4 Å². The van der Waals surface area contributed by atoms with E-state index in [9.17, 15) is 4.79 Å². The average Bonchev–Trinajstić information content (AvgIpc) is 2.97. The molecule has 0 saturated heterocycles. The van der Waals surface area contributed by atoms with E-state index in [1.165, 1.54) is 11.3 Å². The van der Waals surface area contributed by atoms with Crippen molar-refractivity contribution in [2.45, 2.75) is 13.3 Å². The van der Waals surface area contributed by atoms with Crippen LogP contribution in [0.4, 0.5) is 10.8 Å². The Morgan fingerprint density at radius 2 is 1.83 bits per heavy atom. The number of nitrogens with zero attached hydrogens (tertiary/aromatic N) is 1. The van der Waals surface area contributed by atoms with E-state index >= 15 is 0 Å². The van der Waals surface area contributed by atoms with Crippen LogP contribution in [0.25, 0.3) is 0 Å². The zero-order valence-electron chi connectivity index (χ0n) is 13.6. The summed E-state index contributed by atoms with van der Waals surface area (Å²) in [4.78, 5) is 17.7. The number of hydrogen-bond acceptors (Lipinski definition) is 5. The van der Waals surface area contributed by atoms with Crippen LogP contribution in [0.3, 0.4) is 0 Å². The third-order valence-electron chi connectivity index (χ3n) is 3.61. The van der Waals surface area contributed by atoms with Gasteiger partial charge in [-0.1, -0.05) is 53.8 Å². The molecule has 0 aliphatic carbocycles. The predicted molar refractivity (Wildman–Crippen MR) is 97.6 cm³/mol. The maximum absolute atomic E-state index is 12.5. The standard InChI is InChI=1S/C19H18N2O2S/c1-13-18(16(22)12-14-8-4-3-5-9-14)24-19(20-13)21-15-10-6-7-11-17(15)23-2/h3-11H,12H2,1-2H3,(H,20,21). The van der Waals surface area contributed by atoms with Crippen LogP contribution in [0.2, 0.25) is 0 Å². The van der Waals surface area contributed by atoms with Crippen molar-refractivity contribution >= 4 is 27.9 Å². The molecule has 0 radical (unpaired) electrons. The first-order chi connectivity index (χ1) is 11.7. The van der Waals surface area contributed by atoms with Crippen molar-refractivity contribution in [2.24, 2.45) is 0 Å². The zero-order valence-corrected chi connectivity index (χ0v) is 14.4. The lowest BCUT2D eigenvalue weighted by molar-refractivity contribution is 0.0996. The Hall–Kier alpha value is -2.66. The van der Waals surface area contributed by atoms with Gasteiger partial charge in [0, 0.05) is 6.42 Å². The summed E-state index contributed by atoms with van der Waals surface area (Å²) in [5.74, 6) is 0.826. The summed E-state index contributed by atoms with van der Waals surface area (Å²) in [6.07, 6.45) is 0.387. The monoisotopic (exact) mass is 338 g/mol. The molecule has 0 spiro atoms. The van der Waals surface area contributed by atoms with Gasteiger partial charge in [0.2, 0.25) is 0 Å². The third kappa shape index (κ3) is 3.63. The van der Waals surface area contributed by atoms with Crippen LogP contribution in [0, 0.1) is 6.92 Å². The Morgan fingerprint density at radius 3 is 2.58 bits per heavy atom. The topological polar surface area (TPSA) is 51.2 Å². The Kier molecular flexibility index (Phi) is 4.91. The SMILES string of the molecule is COc1ccccc1Nc1nc(C)c(C(=O)Cc2ccccc2)s1. The van der Waals surface area contributed by atoms with Gasteiger partial charge in [-0.25, -0.2) is 4.98 Å². The molecule has 0 saturated carbocycles. The van der Waals surface area contributed by atoms with E-state index in [1.807, 2.05) is 61.5 Å². The number of Topliss-reactive ketones (excluding diaryl/α,β-unsaturated/α-hetero) is 1. The Bertz CT molecular complexity index is 844. The first-order valence-electron chi connectivity index (χ1n) is 7.62. The van der Waals surface area contributed by atoms with E-state index in [0.29, 0.717) is 16.4 Å². The molecule has 2 aromatic carbocycles. The Balaban J connectivity index is 1.79. The second kappa shape index (κ2) is 7.27. The van der Waals surface area contributed by atoms with Gasteiger partial charge in [-0.2, -0.15) is 0 Å². The molecule has 0 bridgehead atoms. The number of rotatable bonds is 6. The second-order valence-corrected chi connectivity index (χ2v) is 6.34. The zero-order chi connectivity index (χ0) is 16.9. The lowest BCUT2D eigenvalue weighted by atomic mass is 10.1. The van der Waals surface area contributed by atoms with Crippen LogP contribution >= 0.6 is 11.3 Å². The molecule has 122 valence electrons. The molecule has 0 unspecified atom stereocenters. The summed E-state index contributed by atoms with van der Waals surface area (Å²) >= 11 is 1.37. The van der Waals surface area contributed by atoms with Gasteiger partial charge in [-0.15, -0.1) is 0 Å². The van der Waals surface area contributed by atoms with Crippen LogP contribution in [0.1, 0.15) is 20.9 Å². The number of thiazole rings is 1. The van der Waals surface area contributed by atoms with Crippen molar-refractivity contribution in [3.8, 4) is 5.75 Å². The summed E-state index contributed by atoms with van der Waals surface area (Å²) in [5, 5.41) is 3.92. The molecule has 1 N–H and O–H groups in total. The number of carbonyl (C=O) groups is 1. The average molecular weight is 338 g/mol. The third-order valence-corrected chi connectivity index (χ3v) is 4.72. The first kappa shape index (κ1) is 16.2. The number of aryl methyl sites for hydroxylation is 1. The van der Waals surface area contributed by atoms with Crippen molar-refractivity contribution in [3.05, 3.63) is 70.7 Å². The summed E-state index contributed by atoms with van der Waals surface area (Å²) in [6.45, 7) is 1.86. The minimum absolute atomic E-state index is 0.0873. The highest BCUT2D eigenvalue weighted by molar-refractivity contribution is 7.17. The van der Waals surface area contributed by atoms with E-state index in [0.717, 1.165) is 22.7 Å². The number of ketones is 1. The Labute approximate surface area is 145 Å². The summed E-state index contributed by atoms with van der Waals surface area (Å²) < 4.78 is 5.33. The van der Waals surface area contributed by atoms with Crippen molar-refractivity contribution in [1.82, 2.24) is 4.98 Å². The molecule has 0 fully saturated rings. The van der Waals surface area contributed by atoms with Gasteiger partial charge in [-0.3, -0.25) is 4.79 Å². The highest BCUT2D eigenvalue weighted by Gasteiger charge is 2.16. The van der Waals surface area contributed by atoms with Crippen LogP contribution in [-0.2, 0) is 6.42 Å². The van der Waals surface area contributed by atoms with Crippen LogP contribution in [-0.4, -0.2) is 17.9 Å². The molecule has 0 aliphatic rings. The number of hydrogen-bond donors (Lipinski definition) is 1. The van der Waals surface area contributed by atoms with Gasteiger partial charge in [0.1, 0.15) is 5.75 Å². The summed E-state index contributed by atoms with van der Waals surface area (Å²) in [6, 6.07) is 17.4. The van der Waals surface area contributed by atoms with E-state index in [2.05, 4.69) is 10.3 Å². The number of nitrogens with one attached hydrogen (secondary N) is 1. The maximum atomic E-state index is 12.5. The predicted octanol–water partition coefficient (Wildman–Crippen LogP) is 4.63. The number of benzene rings is 2. The van der Waals surface area contributed by atoms with Crippen molar-refractivity contribution < 1.29 is 9.53 Å². The number of carbonyl (C=O) groups excluding carboxylic acids is 1. The van der Waals surface area contributed by atoms with Gasteiger partial charge in [0.25, 0.3) is 0 Å². The highest BCUT2D eigenvalue weighted by Crippen LogP contribution is 2.31. The fourth-order valence-electron chi connectivity index (χ4n) is 2.43. The number of para-hydroxylation sites is 2.